The fourth-order valence-corrected chi connectivity index (χ4v) is 4.55. The lowest BCUT2D eigenvalue weighted by molar-refractivity contribution is 1.09. The van der Waals surface area contributed by atoms with E-state index in [1.807, 2.05) is 11.3 Å². The van der Waals surface area contributed by atoms with E-state index in [2.05, 4.69) is 68.7 Å². The monoisotopic (exact) mass is 336 g/mol. The van der Waals surface area contributed by atoms with Gasteiger partial charge in [-0.05, 0) is 74.1 Å². The first-order valence-corrected chi connectivity index (χ1v) is 8.48. The highest BCUT2D eigenvalue weighted by atomic mass is 79.9. The largest absolute Gasteiger partial charge is 0.144 e. The van der Waals surface area contributed by atoms with Gasteiger partial charge in [-0.15, -0.1) is 11.3 Å². The van der Waals surface area contributed by atoms with Gasteiger partial charge in [0, 0.05) is 9.75 Å². The van der Waals surface area contributed by atoms with Gasteiger partial charge in [0.15, 0.2) is 0 Å². The van der Waals surface area contributed by atoms with Crippen molar-refractivity contribution >= 4 is 27.3 Å². The SMILES string of the molecule is CCc1ccc(C(Br)c2c(C)c(C)cc(C)c2C)s1. The Morgan fingerprint density at radius 3 is 2.11 bits per heavy atom. The van der Waals surface area contributed by atoms with E-state index in [1.54, 1.807) is 0 Å². The molecule has 1 atom stereocenters. The Morgan fingerprint density at radius 2 is 1.63 bits per heavy atom. The van der Waals surface area contributed by atoms with Crippen molar-refractivity contribution in [3.8, 4) is 0 Å². The Hall–Kier alpha value is -0.600. The fraction of sp³-hybridized carbons (Fsp3) is 0.412. The lowest BCUT2D eigenvalue weighted by Gasteiger charge is -2.19. The maximum Gasteiger partial charge on any atom is 0.0743 e. The molecule has 2 heteroatoms. The zero-order valence-corrected chi connectivity index (χ0v) is 14.7. The maximum absolute atomic E-state index is 3.92. The van der Waals surface area contributed by atoms with Gasteiger partial charge >= 0.3 is 0 Å². The molecule has 0 nitrogen and oxygen atoms in total. The average molecular weight is 337 g/mol. The number of alkyl halides is 1. The summed E-state index contributed by atoms with van der Waals surface area (Å²) >= 11 is 5.84. The Labute approximate surface area is 129 Å². The number of rotatable bonds is 3. The lowest BCUT2D eigenvalue weighted by Crippen LogP contribution is -2.02. The molecule has 0 aliphatic heterocycles. The molecule has 0 N–H and O–H groups in total. The normalized spacial score (nSPS) is 12.7. The van der Waals surface area contributed by atoms with Crippen molar-refractivity contribution in [2.75, 3.05) is 0 Å². The van der Waals surface area contributed by atoms with Gasteiger partial charge in [0.05, 0.1) is 4.83 Å². The Kier molecular flexibility index (Phi) is 4.52. The number of benzene rings is 1. The molecule has 0 saturated heterocycles. The van der Waals surface area contributed by atoms with Gasteiger partial charge in [-0.3, -0.25) is 0 Å². The molecule has 1 aromatic heterocycles. The van der Waals surface area contributed by atoms with E-state index in [4.69, 9.17) is 0 Å². The summed E-state index contributed by atoms with van der Waals surface area (Å²) in [6.45, 7) is 11.1. The van der Waals surface area contributed by atoms with Crippen LogP contribution in [0.15, 0.2) is 18.2 Å². The van der Waals surface area contributed by atoms with E-state index in [1.165, 1.54) is 37.6 Å². The van der Waals surface area contributed by atoms with Crippen LogP contribution in [0.25, 0.3) is 0 Å². The molecular formula is C17H21BrS. The average Bonchev–Trinajstić information content (AvgIpc) is 2.85. The van der Waals surface area contributed by atoms with E-state index in [0.29, 0.717) is 4.83 Å². The number of halogens is 1. The topological polar surface area (TPSA) is 0 Å². The van der Waals surface area contributed by atoms with Gasteiger partial charge in [-0.1, -0.05) is 28.9 Å². The molecule has 0 fully saturated rings. The van der Waals surface area contributed by atoms with Crippen LogP contribution >= 0.6 is 27.3 Å². The second kappa shape index (κ2) is 5.80. The predicted octanol–water partition coefficient (Wildman–Crippen LogP) is 6.03. The smallest absolute Gasteiger partial charge is 0.0743 e. The standard InChI is InChI=1S/C17H21BrS/c1-6-14-7-8-15(19-14)17(18)16-12(4)10(2)9-11(3)13(16)5/h7-9,17H,6H2,1-5H3. The second-order valence-corrected chi connectivity index (χ2v) is 7.31. The minimum atomic E-state index is 0.316. The van der Waals surface area contributed by atoms with Crippen LogP contribution in [-0.2, 0) is 6.42 Å². The van der Waals surface area contributed by atoms with Crippen molar-refractivity contribution in [3.05, 3.63) is 55.8 Å². The Balaban J connectivity index is 2.52. The summed E-state index contributed by atoms with van der Waals surface area (Å²) in [4.78, 5) is 3.18. The molecule has 0 bridgehead atoms. The zero-order valence-electron chi connectivity index (χ0n) is 12.3. The summed E-state index contributed by atoms with van der Waals surface area (Å²) in [6.07, 6.45) is 1.12. The van der Waals surface area contributed by atoms with Crippen molar-refractivity contribution in [1.29, 1.82) is 0 Å². The van der Waals surface area contributed by atoms with Gasteiger partial charge in [0.2, 0.25) is 0 Å². The van der Waals surface area contributed by atoms with Gasteiger partial charge in [-0.2, -0.15) is 0 Å². The molecule has 0 radical (unpaired) electrons. The van der Waals surface area contributed by atoms with Crippen LogP contribution in [0.1, 0.15) is 49.3 Å². The lowest BCUT2D eigenvalue weighted by atomic mass is 9.92. The van der Waals surface area contributed by atoms with Crippen molar-refractivity contribution in [1.82, 2.24) is 0 Å². The number of aryl methyl sites for hydroxylation is 3. The Bertz CT molecular complexity index is 569. The number of thiophene rings is 1. The van der Waals surface area contributed by atoms with Crippen molar-refractivity contribution in [3.63, 3.8) is 0 Å². The first kappa shape index (κ1) is 14.8. The van der Waals surface area contributed by atoms with E-state index in [0.717, 1.165) is 6.42 Å². The molecule has 0 spiro atoms. The molecule has 0 aliphatic rings. The van der Waals surface area contributed by atoms with Gasteiger partial charge < -0.3 is 0 Å². The summed E-state index contributed by atoms with van der Waals surface area (Å²) in [5.74, 6) is 0. The summed E-state index contributed by atoms with van der Waals surface area (Å²) < 4.78 is 0. The minimum absolute atomic E-state index is 0.316. The van der Waals surface area contributed by atoms with Crippen molar-refractivity contribution in [2.45, 2.75) is 45.9 Å². The quantitative estimate of drug-likeness (QED) is 0.600. The third-order valence-corrected chi connectivity index (χ3v) is 6.51. The molecule has 102 valence electrons. The van der Waals surface area contributed by atoms with Crippen LogP contribution in [0.3, 0.4) is 0 Å². The Morgan fingerprint density at radius 1 is 1.05 bits per heavy atom. The molecule has 0 aliphatic carbocycles. The van der Waals surface area contributed by atoms with Crippen molar-refractivity contribution in [2.24, 2.45) is 0 Å². The van der Waals surface area contributed by atoms with Crippen LogP contribution in [0.5, 0.6) is 0 Å². The van der Waals surface area contributed by atoms with Gasteiger partial charge in [-0.25, -0.2) is 0 Å². The molecule has 2 rings (SSSR count). The maximum atomic E-state index is 3.92. The van der Waals surface area contributed by atoms with Gasteiger partial charge in [0.25, 0.3) is 0 Å². The molecule has 19 heavy (non-hydrogen) atoms. The summed E-state index contributed by atoms with van der Waals surface area (Å²) in [7, 11) is 0. The van der Waals surface area contributed by atoms with Crippen LogP contribution in [0, 0.1) is 27.7 Å². The first-order chi connectivity index (χ1) is 8.95. The van der Waals surface area contributed by atoms with E-state index in [-0.39, 0.29) is 0 Å². The fourth-order valence-electron chi connectivity index (χ4n) is 2.49. The summed E-state index contributed by atoms with van der Waals surface area (Å²) in [5, 5.41) is 0. The van der Waals surface area contributed by atoms with Crippen LogP contribution in [0.2, 0.25) is 0 Å². The van der Waals surface area contributed by atoms with Crippen LogP contribution in [-0.4, -0.2) is 0 Å². The first-order valence-electron chi connectivity index (χ1n) is 6.75. The molecule has 0 saturated carbocycles. The summed E-state index contributed by atoms with van der Waals surface area (Å²) in [6, 6.07) is 6.81. The molecular weight excluding hydrogens is 316 g/mol. The molecule has 1 aromatic carbocycles. The van der Waals surface area contributed by atoms with Crippen molar-refractivity contribution < 1.29 is 0 Å². The van der Waals surface area contributed by atoms with E-state index < -0.39 is 0 Å². The number of hydrogen-bond donors (Lipinski definition) is 0. The highest BCUT2D eigenvalue weighted by Crippen LogP contribution is 2.40. The highest BCUT2D eigenvalue weighted by molar-refractivity contribution is 9.09. The third kappa shape index (κ3) is 2.80. The third-order valence-electron chi connectivity index (χ3n) is 3.96. The molecule has 1 unspecified atom stereocenters. The van der Waals surface area contributed by atoms with E-state index in [9.17, 15) is 0 Å². The van der Waals surface area contributed by atoms with Gasteiger partial charge in [0.1, 0.15) is 0 Å². The highest BCUT2D eigenvalue weighted by Gasteiger charge is 2.19. The zero-order chi connectivity index (χ0) is 14.2. The van der Waals surface area contributed by atoms with Crippen LogP contribution in [0.4, 0.5) is 0 Å². The predicted molar refractivity (Wildman–Crippen MR) is 89.9 cm³/mol. The van der Waals surface area contributed by atoms with Crippen LogP contribution < -0.4 is 0 Å². The summed E-state index contributed by atoms with van der Waals surface area (Å²) in [5.41, 5.74) is 7.04. The molecule has 2 aromatic rings. The van der Waals surface area contributed by atoms with E-state index >= 15 is 0 Å². The minimum Gasteiger partial charge on any atom is -0.144 e. The molecule has 0 amide bonds. The molecule has 1 heterocycles. The number of hydrogen-bond acceptors (Lipinski definition) is 1. The second-order valence-electron chi connectivity index (χ2n) is 5.19.